The second-order valence-corrected chi connectivity index (χ2v) is 6.27. The first-order valence-corrected chi connectivity index (χ1v) is 8.84. The number of hydrogen-bond acceptors (Lipinski definition) is 6. The van der Waals surface area contributed by atoms with Crippen LogP contribution in [0.25, 0.3) is 0 Å². The first kappa shape index (κ1) is 19.8. The van der Waals surface area contributed by atoms with Crippen LogP contribution in [0.5, 0.6) is 5.75 Å². The Hall–Kier alpha value is -3.94. The molecule has 0 atom stereocenters. The number of nitro benzene ring substituents is 1. The number of pyridine rings is 1. The zero-order chi connectivity index (χ0) is 20.8. The fourth-order valence-corrected chi connectivity index (χ4v) is 2.91. The number of carbonyl (C=O) groups excluding carboxylic acids is 1. The fourth-order valence-electron chi connectivity index (χ4n) is 2.91. The number of methoxy groups -OCH3 is 1. The van der Waals surface area contributed by atoms with E-state index in [0.29, 0.717) is 28.4 Å². The van der Waals surface area contributed by atoms with Gasteiger partial charge in [0.25, 0.3) is 11.6 Å². The van der Waals surface area contributed by atoms with Crippen LogP contribution in [0.2, 0.25) is 0 Å². The standard InChI is InChI=1S/C21H20N4O4/c1-24(14-15-8-3-5-11-18(15)25(27)28)21(26)16-9-7-13-22-20(16)23-17-10-4-6-12-19(17)29-2/h3-13H,14H2,1-2H3,(H,22,23). The number of nitrogens with one attached hydrogen (secondary N) is 1. The molecule has 0 unspecified atom stereocenters. The molecule has 1 heterocycles. The first-order valence-electron chi connectivity index (χ1n) is 8.84. The van der Waals surface area contributed by atoms with E-state index >= 15 is 0 Å². The minimum Gasteiger partial charge on any atom is -0.495 e. The number of anilines is 2. The van der Waals surface area contributed by atoms with Gasteiger partial charge in [0.15, 0.2) is 0 Å². The average molecular weight is 392 g/mol. The lowest BCUT2D eigenvalue weighted by Gasteiger charge is -2.19. The zero-order valence-electron chi connectivity index (χ0n) is 16.0. The number of para-hydroxylation sites is 3. The van der Waals surface area contributed by atoms with Crippen LogP contribution in [0.3, 0.4) is 0 Å². The summed E-state index contributed by atoms with van der Waals surface area (Å²) in [7, 11) is 3.16. The van der Waals surface area contributed by atoms with Gasteiger partial charge in [0.1, 0.15) is 11.6 Å². The van der Waals surface area contributed by atoms with E-state index in [9.17, 15) is 14.9 Å². The molecule has 1 amide bonds. The molecular weight excluding hydrogens is 372 g/mol. The second kappa shape index (κ2) is 8.83. The van der Waals surface area contributed by atoms with E-state index in [4.69, 9.17) is 4.74 Å². The monoisotopic (exact) mass is 392 g/mol. The Bertz CT molecular complexity index is 1040. The van der Waals surface area contributed by atoms with E-state index in [-0.39, 0.29) is 18.1 Å². The molecule has 0 spiro atoms. The molecule has 2 aromatic carbocycles. The van der Waals surface area contributed by atoms with Crippen LogP contribution in [0.1, 0.15) is 15.9 Å². The number of aromatic nitrogens is 1. The summed E-state index contributed by atoms with van der Waals surface area (Å²) in [5.74, 6) is 0.676. The van der Waals surface area contributed by atoms with E-state index in [1.807, 2.05) is 18.2 Å². The van der Waals surface area contributed by atoms with Crippen LogP contribution in [0.15, 0.2) is 66.9 Å². The maximum atomic E-state index is 13.0. The normalized spacial score (nSPS) is 10.3. The van der Waals surface area contributed by atoms with Gasteiger partial charge in [-0.05, 0) is 24.3 Å². The van der Waals surface area contributed by atoms with Crippen molar-refractivity contribution in [2.75, 3.05) is 19.5 Å². The number of benzene rings is 2. The van der Waals surface area contributed by atoms with E-state index < -0.39 is 4.92 Å². The lowest BCUT2D eigenvalue weighted by Crippen LogP contribution is -2.27. The summed E-state index contributed by atoms with van der Waals surface area (Å²) in [6.07, 6.45) is 1.58. The molecule has 0 saturated heterocycles. The topological polar surface area (TPSA) is 97.6 Å². The summed E-state index contributed by atoms with van der Waals surface area (Å²) in [5, 5.41) is 14.4. The number of rotatable bonds is 7. The Kier molecular flexibility index (Phi) is 6.03. The molecule has 0 radical (unpaired) electrons. The average Bonchev–Trinajstić information content (AvgIpc) is 2.74. The molecular formula is C21H20N4O4. The molecule has 8 heteroatoms. The van der Waals surface area contributed by atoms with Crippen molar-refractivity contribution in [3.63, 3.8) is 0 Å². The molecule has 0 aliphatic rings. The van der Waals surface area contributed by atoms with Crippen LogP contribution < -0.4 is 10.1 Å². The highest BCUT2D eigenvalue weighted by Crippen LogP contribution is 2.28. The van der Waals surface area contributed by atoms with E-state index in [1.54, 1.807) is 56.8 Å². The molecule has 0 aliphatic heterocycles. The third-order valence-corrected chi connectivity index (χ3v) is 4.34. The molecule has 3 rings (SSSR count). The van der Waals surface area contributed by atoms with Crippen LogP contribution in [-0.2, 0) is 6.54 Å². The van der Waals surface area contributed by atoms with Crippen molar-refractivity contribution in [2.24, 2.45) is 0 Å². The molecule has 0 aliphatic carbocycles. The van der Waals surface area contributed by atoms with E-state index in [0.717, 1.165) is 0 Å². The maximum absolute atomic E-state index is 13.0. The molecule has 0 bridgehead atoms. The lowest BCUT2D eigenvalue weighted by molar-refractivity contribution is -0.385. The second-order valence-electron chi connectivity index (χ2n) is 6.27. The molecule has 0 fully saturated rings. The zero-order valence-corrected chi connectivity index (χ0v) is 16.0. The van der Waals surface area contributed by atoms with Crippen molar-refractivity contribution in [3.05, 3.63) is 88.1 Å². The first-order chi connectivity index (χ1) is 14.0. The molecule has 0 saturated carbocycles. The number of nitro groups is 1. The van der Waals surface area contributed by atoms with E-state index in [1.165, 1.54) is 11.0 Å². The van der Waals surface area contributed by atoms with Gasteiger partial charge >= 0.3 is 0 Å². The molecule has 148 valence electrons. The predicted molar refractivity (Wildman–Crippen MR) is 109 cm³/mol. The molecule has 8 nitrogen and oxygen atoms in total. The SMILES string of the molecule is COc1ccccc1Nc1ncccc1C(=O)N(C)Cc1ccccc1[N+](=O)[O-]. The van der Waals surface area contributed by atoms with Gasteiger partial charge in [-0.1, -0.05) is 30.3 Å². The van der Waals surface area contributed by atoms with Crippen LogP contribution >= 0.6 is 0 Å². The van der Waals surface area contributed by atoms with Gasteiger partial charge in [0.05, 0.1) is 29.8 Å². The van der Waals surface area contributed by atoms with Gasteiger partial charge < -0.3 is 15.0 Å². The molecule has 29 heavy (non-hydrogen) atoms. The Balaban J connectivity index is 1.86. The smallest absolute Gasteiger partial charge is 0.274 e. The summed E-state index contributed by atoms with van der Waals surface area (Å²) in [6, 6.07) is 17.0. The Morgan fingerprint density at radius 1 is 1.14 bits per heavy atom. The number of ether oxygens (including phenoxy) is 1. The summed E-state index contributed by atoms with van der Waals surface area (Å²) in [6.45, 7) is 0.0962. The predicted octanol–water partition coefficient (Wildman–Crippen LogP) is 4.01. The highest BCUT2D eigenvalue weighted by molar-refractivity contribution is 5.99. The number of nitrogens with zero attached hydrogens (tertiary/aromatic N) is 3. The summed E-state index contributed by atoms with van der Waals surface area (Å²) >= 11 is 0. The van der Waals surface area contributed by atoms with Crippen LogP contribution in [0, 0.1) is 10.1 Å². The van der Waals surface area contributed by atoms with Crippen LogP contribution in [0.4, 0.5) is 17.2 Å². The lowest BCUT2D eigenvalue weighted by atomic mass is 10.1. The number of amides is 1. The number of carbonyl (C=O) groups is 1. The third-order valence-electron chi connectivity index (χ3n) is 4.34. The van der Waals surface area contributed by atoms with Crippen molar-refractivity contribution in [1.29, 1.82) is 0 Å². The number of hydrogen-bond donors (Lipinski definition) is 1. The Morgan fingerprint density at radius 2 is 1.86 bits per heavy atom. The third kappa shape index (κ3) is 4.49. The van der Waals surface area contributed by atoms with Gasteiger partial charge in [-0.2, -0.15) is 0 Å². The Labute approximate surface area is 167 Å². The molecule has 1 N–H and O–H groups in total. The van der Waals surface area contributed by atoms with Gasteiger partial charge in [-0.25, -0.2) is 4.98 Å². The van der Waals surface area contributed by atoms with Crippen molar-refractivity contribution >= 4 is 23.1 Å². The highest BCUT2D eigenvalue weighted by Gasteiger charge is 2.21. The van der Waals surface area contributed by atoms with Crippen LogP contribution in [-0.4, -0.2) is 34.9 Å². The maximum Gasteiger partial charge on any atom is 0.274 e. The summed E-state index contributed by atoms with van der Waals surface area (Å²) < 4.78 is 5.33. The fraction of sp³-hybridized carbons (Fsp3) is 0.143. The van der Waals surface area contributed by atoms with Gasteiger partial charge in [-0.3, -0.25) is 14.9 Å². The highest BCUT2D eigenvalue weighted by atomic mass is 16.6. The largest absolute Gasteiger partial charge is 0.495 e. The molecule has 1 aromatic heterocycles. The summed E-state index contributed by atoms with van der Waals surface area (Å²) in [4.78, 5) is 29.5. The van der Waals surface area contributed by atoms with Gasteiger partial charge in [0, 0.05) is 24.9 Å². The Morgan fingerprint density at radius 3 is 2.62 bits per heavy atom. The minimum absolute atomic E-state index is 0.0225. The van der Waals surface area contributed by atoms with Gasteiger partial charge in [0.2, 0.25) is 0 Å². The minimum atomic E-state index is -0.452. The quantitative estimate of drug-likeness (QED) is 0.482. The van der Waals surface area contributed by atoms with E-state index in [2.05, 4.69) is 10.3 Å². The van der Waals surface area contributed by atoms with Crippen molar-refractivity contribution in [1.82, 2.24) is 9.88 Å². The van der Waals surface area contributed by atoms with Crippen molar-refractivity contribution in [3.8, 4) is 5.75 Å². The summed E-state index contributed by atoms with van der Waals surface area (Å²) in [5.41, 5.74) is 1.45. The van der Waals surface area contributed by atoms with Crippen molar-refractivity contribution < 1.29 is 14.5 Å². The van der Waals surface area contributed by atoms with Crippen molar-refractivity contribution in [2.45, 2.75) is 6.54 Å². The van der Waals surface area contributed by atoms with Gasteiger partial charge in [-0.15, -0.1) is 0 Å². The molecule has 3 aromatic rings.